The molecule has 3 rings (SSSR count). The fourth-order valence-corrected chi connectivity index (χ4v) is 3.27. The smallest absolute Gasteiger partial charge is 0.407 e. The van der Waals surface area contributed by atoms with Crippen LogP contribution >= 0.6 is 0 Å². The minimum absolute atomic E-state index is 0.182. The first kappa shape index (κ1) is 16.2. The normalized spacial score (nSPS) is 24.7. The molecule has 23 heavy (non-hydrogen) atoms. The van der Waals surface area contributed by atoms with Gasteiger partial charge in [0.15, 0.2) is 0 Å². The van der Waals surface area contributed by atoms with Gasteiger partial charge in [-0.2, -0.15) is 0 Å². The average molecular weight is 321 g/mol. The van der Waals surface area contributed by atoms with E-state index in [1.54, 1.807) is 0 Å². The second kappa shape index (κ2) is 6.11. The number of amides is 1. The summed E-state index contributed by atoms with van der Waals surface area (Å²) in [7, 11) is 0. The van der Waals surface area contributed by atoms with Crippen LogP contribution < -0.4 is 10.6 Å². The number of carbonyl (C=O) groups excluding carboxylic acids is 1. The van der Waals surface area contributed by atoms with Gasteiger partial charge in [0, 0.05) is 25.0 Å². The van der Waals surface area contributed by atoms with Gasteiger partial charge in [-0.1, -0.05) is 0 Å². The van der Waals surface area contributed by atoms with E-state index in [-0.39, 0.29) is 18.2 Å². The third kappa shape index (κ3) is 3.83. The maximum atomic E-state index is 11.7. The summed E-state index contributed by atoms with van der Waals surface area (Å²) in [5, 5.41) is 15.1. The molecule has 1 aromatic heterocycles. The van der Waals surface area contributed by atoms with E-state index >= 15 is 0 Å². The lowest BCUT2D eigenvalue weighted by atomic mass is 9.86. The van der Waals surface area contributed by atoms with E-state index in [0.717, 1.165) is 43.9 Å². The first-order valence-electron chi connectivity index (χ1n) is 8.49. The van der Waals surface area contributed by atoms with Crippen LogP contribution in [-0.4, -0.2) is 38.5 Å². The Kier molecular flexibility index (Phi) is 4.31. The van der Waals surface area contributed by atoms with Gasteiger partial charge in [0.25, 0.3) is 0 Å². The molecule has 0 spiro atoms. The Labute approximate surface area is 137 Å². The van der Waals surface area contributed by atoms with E-state index in [9.17, 15) is 4.79 Å². The number of aromatic nitrogens is 3. The molecule has 7 nitrogen and oxygen atoms in total. The van der Waals surface area contributed by atoms with Crippen molar-refractivity contribution in [2.45, 2.75) is 83.6 Å². The fraction of sp³-hybridized carbons (Fsp3) is 0.812. The van der Waals surface area contributed by atoms with Crippen molar-refractivity contribution in [3.8, 4) is 0 Å². The topological polar surface area (TPSA) is 81.1 Å². The first-order chi connectivity index (χ1) is 10.8. The highest BCUT2D eigenvalue weighted by molar-refractivity contribution is 5.68. The molecule has 1 amide bonds. The van der Waals surface area contributed by atoms with Crippen LogP contribution in [0.5, 0.6) is 0 Å². The third-order valence-electron chi connectivity index (χ3n) is 4.37. The lowest BCUT2D eigenvalue weighted by Gasteiger charge is -2.38. The van der Waals surface area contributed by atoms with Crippen molar-refractivity contribution < 1.29 is 9.53 Å². The van der Waals surface area contributed by atoms with E-state index in [4.69, 9.17) is 4.74 Å². The number of nitrogens with zero attached hydrogens (tertiary/aromatic N) is 3. The molecule has 1 unspecified atom stereocenters. The number of alkyl carbamates (subject to hydrolysis) is 1. The van der Waals surface area contributed by atoms with Crippen LogP contribution in [0, 0.1) is 0 Å². The molecule has 2 aliphatic rings. The molecule has 0 aromatic carbocycles. The summed E-state index contributed by atoms with van der Waals surface area (Å²) in [6.45, 7) is 8.77. The highest BCUT2D eigenvalue weighted by atomic mass is 16.6. The van der Waals surface area contributed by atoms with Crippen molar-refractivity contribution in [2.75, 3.05) is 0 Å². The van der Waals surface area contributed by atoms with E-state index in [1.807, 2.05) is 20.8 Å². The molecule has 0 radical (unpaired) electrons. The molecule has 2 heterocycles. The van der Waals surface area contributed by atoms with Crippen LogP contribution in [0.3, 0.4) is 0 Å². The molecular formula is C16H27N5O2. The molecule has 7 heteroatoms. The maximum absolute atomic E-state index is 11.7. The van der Waals surface area contributed by atoms with Gasteiger partial charge in [-0.05, 0) is 47.0 Å². The maximum Gasteiger partial charge on any atom is 0.407 e. The Morgan fingerprint density at radius 3 is 2.74 bits per heavy atom. The van der Waals surface area contributed by atoms with E-state index in [1.165, 1.54) is 0 Å². The molecule has 0 saturated heterocycles. The number of aryl methyl sites for hydroxylation is 1. The Bertz CT molecular complexity index is 572. The summed E-state index contributed by atoms with van der Waals surface area (Å²) < 4.78 is 7.51. The number of hydrogen-bond donors (Lipinski definition) is 2. The highest BCUT2D eigenvalue weighted by Crippen LogP contribution is 2.25. The van der Waals surface area contributed by atoms with Crippen LogP contribution in [-0.2, 0) is 17.7 Å². The predicted octanol–water partition coefficient (Wildman–Crippen LogP) is 1.93. The molecule has 0 bridgehead atoms. The fourth-order valence-electron chi connectivity index (χ4n) is 3.27. The lowest BCUT2D eigenvalue weighted by molar-refractivity contribution is 0.0463. The number of carbonyl (C=O) groups is 1. The summed E-state index contributed by atoms with van der Waals surface area (Å²) in [6.07, 6.45) is 3.71. The van der Waals surface area contributed by atoms with Crippen LogP contribution in [0.4, 0.5) is 4.79 Å². The zero-order chi connectivity index (χ0) is 16.6. The molecule has 128 valence electrons. The average Bonchev–Trinajstić information content (AvgIpc) is 2.95. The van der Waals surface area contributed by atoms with Gasteiger partial charge >= 0.3 is 6.09 Å². The van der Waals surface area contributed by atoms with Crippen molar-refractivity contribution in [1.82, 2.24) is 25.4 Å². The Morgan fingerprint density at radius 2 is 2.04 bits per heavy atom. The molecule has 1 fully saturated rings. The largest absolute Gasteiger partial charge is 0.444 e. The van der Waals surface area contributed by atoms with Crippen molar-refractivity contribution in [3.63, 3.8) is 0 Å². The van der Waals surface area contributed by atoms with Gasteiger partial charge in [-0.25, -0.2) is 4.79 Å². The molecule has 1 aliphatic carbocycles. The molecule has 1 saturated carbocycles. The highest BCUT2D eigenvalue weighted by Gasteiger charge is 2.33. The minimum atomic E-state index is -0.450. The number of nitrogens with one attached hydrogen (secondary N) is 2. The van der Waals surface area contributed by atoms with Gasteiger partial charge < -0.3 is 19.9 Å². The van der Waals surface area contributed by atoms with Gasteiger partial charge in [0.2, 0.25) is 0 Å². The summed E-state index contributed by atoms with van der Waals surface area (Å²) in [6, 6.07) is 0.778. The van der Waals surface area contributed by atoms with E-state index < -0.39 is 5.60 Å². The second-order valence-corrected chi connectivity index (χ2v) is 7.63. The molecule has 1 aliphatic heterocycles. The third-order valence-corrected chi connectivity index (χ3v) is 4.37. The van der Waals surface area contributed by atoms with Gasteiger partial charge in [-0.3, -0.25) is 0 Å². The summed E-state index contributed by atoms with van der Waals surface area (Å²) >= 11 is 0. The molecule has 1 aromatic rings. The second-order valence-electron chi connectivity index (χ2n) is 7.63. The van der Waals surface area contributed by atoms with Gasteiger partial charge in [0.1, 0.15) is 17.2 Å². The Hall–Kier alpha value is -1.63. The van der Waals surface area contributed by atoms with Crippen LogP contribution in [0.15, 0.2) is 0 Å². The monoisotopic (exact) mass is 321 g/mol. The summed E-state index contributed by atoms with van der Waals surface area (Å²) in [5.41, 5.74) is -0.450. The van der Waals surface area contributed by atoms with Crippen LogP contribution in [0.1, 0.15) is 64.6 Å². The van der Waals surface area contributed by atoms with Gasteiger partial charge in [0.05, 0.1) is 6.04 Å². The van der Waals surface area contributed by atoms with E-state index in [2.05, 4.69) is 32.3 Å². The first-order valence-corrected chi connectivity index (χ1v) is 8.49. The predicted molar refractivity (Wildman–Crippen MR) is 86.1 cm³/mol. The van der Waals surface area contributed by atoms with Gasteiger partial charge in [-0.15, -0.1) is 10.2 Å². The standard InChI is InChI=1S/C16H27N5O2/c1-10(14-20-19-13-6-5-7-21(13)14)17-11-8-12(9-11)18-15(22)23-16(2,3)4/h10-12,17H,5-9H2,1-4H3,(H,18,22). The lowest BCUT2D eigenvalue weighted by Crippen LogP contribution is -2.53. The van der Waals surface area contributed by atoms with Crippen molar-refractivity contribution in [1.29, 1.82) is 0 Å². The minimum Gasteiger partial charge on any atom is -0.444 e. The van der Waals surface area contributed by atoms with E-state index in [0.29, 0.717) is 6.04 Å². The quantitative estimate of drug-likeness (QED) is 0.885. The zero-order valence-electron chi connectivity index (χ0n) is 14.4. The van der Waals surface area contributed by atoms with Crippen LogP contribution in [0.25, 0.3) is 0 Å². The van der Waals surface area contributed by atoms with Crippen molar-refractivity contribution >= 4 is 6.09 Å². The number of rotatable bonds is 4. The Balaban J connectivity index is 1.42. The molecule has 2 N–H and O–H groups in total. The summed E-state index contributed by atoms with van der Waals surface area (Å²) in [5.74, 6) is 2.13. The number of ether oxygens (including phenoxy) is 1. The van der Waals surface area contributed by atoms with Crippen molar-refractivity contribution in [3.05, 3.63) is 11.6 Å². The summed E-state index contributed by atoms with van der Waals surface area (Å²) in [4.78, 5) is 11.7. The molecule has 1 atom stereocenters. The Morgan fingerprint density at radius 1 is 1.30 bits per heavy atom. The SMILES string of the molecule is CC(NC1CC(NC(=O)OC(C)(C)C)C1)c1nnc2n1CCC2. The molecular weight excluding hydrogens is 294 g/mol. The van der Waals surface area contributed by atoms with Crippen molar-refractivity contribution in [2.24, 2.45) is 0 Å². The van der Waals surface area contributed by atoms with Crippen LogP contribution in [0.2, 0.25) is 0 Å². The number of hydrogen-bond acceptors (Lipinski definition) is 5. The zero-order valence-corrected chi connectivity index (χ0v) is 14.4. The number of fused-ring (bicyclic) bond motifs is 1.